The number of hydrogen-bond donors (Lipinski definition) is 0. The van der Waals surface area contributed by atoms with Gasteiger partial charge in [-0.2, -0.15) is 9.30 Å². The van der Waals surface area contributed by atoms with Gasteiger partial charge in [0.05, 0.1) is 33.9 Å². The zero-order chi connectivity index (χ0) is 25.9. The van der Waals surface area contributed by atoms with Gasteiger partial charge in [-0.3, -0.25) is 4.79 Å². The quantitative estimate of drug-likeness (QED) is 0.411. The number of aromatic nitrogens is 1. The van der Waals surface area contributed by atoms with E-state index in [1.54, 1.807) is 32.2 Å². The number of carbonyl (C=O) groups excluding carboxylic acids is 2. The van der Waals surface area contributed by atoms with Crippen molar-refractivity contribution in [3.63, 3.8) is 0 Å². The number of nitrogens with zero attached hydrogens (tertiary/aromatic N) is 3. The standard InChI is InChI=1S/C24H26FN3O6S2/c1-3-34-23(30)16-6-11-19-21(15-16)35-24(27(19)13-14-33-2)26-22(29)20-5-4-12-28(20)36(31,32)18-9-7-17(25)8-10-18/h6-11,15,20H,3-5,12-14H2,1-2H3. The van der Waals surface area contributed by atoms with E-state index in [0.29, 0.717) is 36.4 Å². The molecule has 2 heterocycles. The van der Waals surface area contributed by atoms with E-state index in [9.17, 15) is 22.4 Å². The lowest BCUT2D eigenvalue weighted by Crippen LogP contribution is -2.40. The summed E-state index contributed by atoms with van der Waals surface area (Å²) in [4.78, 5) is 30.1. The fraction of sp³-hybridized carbons (Fsp3) is 0.375. The molecule has 0 bridgehead atoms. The number of esters is 1. The molecule has 9 nitrogen and oxygen atoms in total. The lowest BCUT2D eigenvalue weighted by molar-refractivity contribution is -0.121. The average Bonchev–Trinajstić information content (AvgIpc) is 3.48. The second-order valence-electron chi connectivity index (χ2n) is 8.11. The van der Waals surface area contributed by atoms with Gasteiger partial charge in [-0.1, -0.05) is 11.3 Å². The molecule has 1 unspecified atom stereocenters. The van der Waals surface area contributed by atoms with Gasteiger partial charge in [0.1, 0.15) is 11.9 Å². The molecule has 0 aliphatic carbocycles. The third kappa shape index (κ3) is 5.26. The highest BCUT2D eigenvalue weighted by Crippen LogP contribution is 2.27. The first-order valence-electron chi connectivity index (χ1n) is 11.4. The smallest absolute Gasteiger partial charge is 0.338 e. The van der Waals surface area contributed by atoms with Crippen molar-refractivity contribution in [2.75, 3.05) is 26.9 Å². The first kappa shape index (κ1) is 26.1. The normalized spacial score (nSPS) is 17.1. The predicted octanol–water partition coefficient (Wildman–Crippen LogP) is 2.95. The number of methoxy groups -OCH3 is 1. The Labute approximate surface area is 211 Å². The Kier molecular flexibility index (Phi) is 7.98. The molecular weight excluding hydrogens is 509 g/mol. The summed E-state index contributed by atoms with van der Waals surface area (Å²) in [5.41, 5.74) is 1.15. The highest BCUT2D eigenvalue weighted by molar-refractivity contribution is 7.89. The maximum atomic E-state index is 13.3. The summed E-state index contributed by atoms with van der Waals surface area (Å²) in [6, 6.07) is 8.66. The van der Waals surface area contributed by atoms with Gasteiger partial charge >= 0.3 is 5.97 Å². The molecule has 1 atom stereocenters. The molecule has 12 heteroatoms. The molecule has 0 spiro atoms. The lowest BCUT2D eigenvalue weighted by atomic mass is 10.2. The van der Waals surface area contributed by atoms with Gasteiger partial charge in [-0.15, -0.1) is 0 Å². The van der Waals surface area contributed by atoms with E-state index in [2.05, 4.69) is 4.99 Å². The van der Waals surface area contributed by atoms with E-state index in [4.69, 9.17) is 9.47 Å². The Balaban J connectivity index is 1.71. The molecular formula is C24H26FN3O6S2. The number of carbonyl (C=O) groups is 2. The summed E-state index contributed by atoms with van der Waals surface area (Å²) >= 11 is 1.22. The van der Waals surface area contributed by atoms with Crippen LogP contribution in [0, 0.1) is 5.82 Å². The number of sulfonamides is 1. The summed E-state index contributed by atoms with van der Waals surface area (Å²) in [5, 5.41) is 0. The summed E-state index contributed by atoms with van der Waals surface area (Å²) in [6.07, 6.45) is 0.837. The third-order valence-corrected chi connectivity index (χ3v) is 8.79. The molecule has 1 amide bonds. The summed E-state index contributed by atoms with van der Waals surface area (Å²) in [6.45, 7) is 2.92. The Morgan fingerprint density at radius 2 is 1.94 bits per heavy atom. The monoisotopic (exact) mass is 535 g/mol. The largest absolute Gasteiger partial charge is 0.462 e. The van der Waals surface area contributed by atoms with Crippen LogP contribution in [0.3, 0.4) is 0 Å². The average molecular weight is 536 g/mol. The molecule has 1 aliphatic rings. The molecule has 1 aromatic heterocycles. The molecule has 1 fully saturated rings. The van der Waals surface area contributed by atoms with E-state index in [0.717, 1.165) is 26.7 Å². The number of ether oxygens (including phenoxy) is 2. The Morgan fingerprint density at radius 1 is 1.19 bits per heavy atom. The van der Waals surface area contributed by atoms with E-state index < -0.39 is 33.8 Å². The van der Waals surface area contributed by atoms with Crippen LogP contribution in [0.5, 0.6) is 0 Å². The SMILES string of the molecule is CCOC(=O)c1ccc2c(c1)sc(=NC(=O)C1CCCN1S(=O)(=O)c1ccc(F)cc1)n2CCOC. The molecule has 192 valence electrons. The lowest BCUT2D eigenvalue weighted by Gasteiger charge is -2.21. The summed E-state index contributed by atoms with van der Waals surface area (Å²) in [7, 11) is -2.44. The summed E-state index contributed by atoms with van der Waals surface area (Å²) in [5.74, 6) is -1.57. The minimum atomic E-state index is -4.00. The number of hydrogen-bond acceptors (Lipinski definition) is 7. The van der Waals surface area contributed by atoms with Crippen LogP contribution >= 0.6 is 11.3 Å². The minimum absolute atomic E-state index is 0.0767. The van der Waals surface area contributed by atoms with Crippen LogP contribution in [0.15, 0.2) is 52.4 Å². The molecule has 0 N–H and O–H groups in total. The van der Waals surface area contributed by atoms with E-state index >= 15 is 0 Å². The molecule has 2 aromatic carbocycles. The summed E-state index contributed by atoms with van der Waals surface area (Å²) < 4.78 is 53.6. The van der Waals surface area contributed by atoms with Gasteiger partial charge in [0, 0.05) is 20.2 Å². The van der Waals surface area contributed by atoms with Gasteiger partial charge in [-0.05, 0) is 62.2 Å². The van der Waals surface area contributed by atoms with Gasteiger partial charge < -0.3 is 14.0 Å². The maximum absolute atomic E-state index is 13.3. The number of amides is 1. The predicted molar refractivity (Wildman–Crippen MR) is 132 cm³/mol. The minimum Gasteiger partial charge on any atom is -0.462 e. The van der Waals surface area contributed by atoms with Crippen molar-refractivity contribution in [3.05, 3.63) is 58.6 Å². The highest BCUT2D eigenvalue weighted by atomic mass is 32.2. The molecule has 4 rings (SSSR count). The molecule has 0 saturated carbocycles. The fourth-order valence-electron chi connectivity index (χ4n) is 4.08. The van der Waals surface area contributed by atoms with Crippen molar-refractivity contribution in [3.8, 4) is 0 Å². The first-order chi connectivity index (χ1) is 17.3. The Morgan fingerprint density at radius 3 is 2.64 bits per heavy atom. The van der Waals surface area contributed by atoms with Gasteiger partial charge in [-0.25, -0.2) is 17.6 Å². The number of halogens is 1. The fourth-order valence-corrected chi connectivity index (χ4v) is 6.84. The van der Waals surface area contributed by atoms with Crippen LogP contribution in [0.4, 0.5) is 4.39 Å². The second kappa shape index (κ2) is 11.0. The van der Waals surface area contributed by atoms with Crippen molar-refractivity contribution in [2.24, 2.45) is 4.99 Å². The molecule has 36 heavy (non-hydrogen) atoms. The van der Waals surface area contributed by atoms with Crippen molar-refractivity contribution in [1.29, 1.82) is 0 Å². The van der Waals surface area contributed by atoms with Crippen molar-refractivity contribution >= 4 is 43.5 Å². The number of fused-ring (bicyclic) bond motifs is 1. The van der Waals surface area contributed by atoms with Gasteiger partial charge in [0.25, 0.3) is 5.91 Å². The van der Waals surface area contributed by atoms with Crippen LogP contribution in [0.2, 0.25) is 0 Å². The second-order valence-corrected chi connectivity index (χ2v) is 11.0. The first-order valence-corrected chi connectivity index (χ1v) is 13.7. The van der Waals surface area contributed by atoms with Gasteiger partial charge in [0.2, 0.25) is 10.0 Å². The molecule has 1 aliphatic heterocycles. The Bertz CT molecular complexity index is 1450. The van der Waals surface area contributed by atoms with E-state index in [1.807, 2.05) is 4.57 Å². The number of rotatable bonds is 8. The number of benzene rings is 2. The Hall–Kier alpha value is -2.93. The zero-order valence-corrected chi connectivity index (χ0v) is 21.5. The van der Waals surface area contributed by atoms with E-state index in [-0.39, 0.29) is 18.0 Å². The van der Waals surface area contributed by atoms with Crippen molar-refractivity contribution in [1.82, 2.24) is 8.87 Å². The van der Waals surface area contributed by atoms with Crippen LogP contribution < -0.4 is 4.80 Å². The number of thiazole rings is 1. The van der Waals surface area contributed by atoms with Crippen molar-refractivity contribution < 1.29 is 31.9 Å². The van der Waals surface area contributed by atoms with Gasteiger partial charge in [0.15, 0.2) is 4.80 Å². The molecule has 0 radical (unpaired) electrons. The molecule has 1 saturated heterocycles. The zero-order valence-electron chi connectivity index (χ0n) is 19.8. The maximum Gasteiger partial charge on any atom is 0.338 e. The third-order valence-electron chi connectivity index (χ3n) is 5.83. The van der Waals surface area contributed by atoms with Crippen LogP contribution in [0.1, 0.15) is 30.1 Å². The van der Waals surface area contributed by atoms with Crippen molar-refractivity contribution in [2.45, 2.75) is 37.2 Å². The van der Waals surface area contributed by atoms with E-state index in [1.165, 1.54) is 23.5 Å². The topological polar surface area (TPSA) is 107 Å². The highest BCUT2D eigenvalue weighted by Gasteiger charge is 2.39. The van der Waals surface area contributed by atoms with Crippen LogP contribution in [-0.4, -0.2) is 62.1 Å². The van der Waals surface area contributed by atoms with Crippen LogP contribution in [0.25, 0.3) is 10.2 Å². The molecule has 3 aromatic rings. The van der Waals surface area contributed by atoms with Crippen LogP contribution in [-0.2, 0) is 30.8 Å².